The van der Waals surface area contributed by atoms with E-state index >= 15 is 0 Å². The van der Waals surface area contributed by atoms with E-state index in [-0.39, 0.29) is 0 Å². The molecular formula is C18H21BrN2. The fourth-order valence-corrected chi connectivity index (χ4v) is 3.41. The van der Waals surface area contributed by atoms with Gasteiger partial charge in [0.1, 0.15) is 0 Å². The Bertz CT molecular complexity index is 570. The third-order valence-corrected chi connectivity index (χ3v) is 4.85. The highest BCUT2D eigenvalue weighted by molar-refractivity contribution is 9.10. The van der Waals surface area contributed by atoms with Crippen LogP contribution >= 0.6 is 15.9 Å². The maximum Gasteiger partial charge on any atom is 0.0485 e. The SMILES string of the molecule is Brc1ccccc1NCCN1CCC(c2ccccc2)C1. The van der Waals surface area contributed by atoms with Crippen LogP contribution in [0.25, 0.3) is 0 Å². The summed E-state index contributed by atoms with van der Waals surface area (Å²) in [6.07, 6.45) is 1.28. The summed E-state index contributed by atoms with van der Waals surface area (Å²) in [4.78, 5) is 2.56. The van der Waals surface area contributed by atoms with Crippen molar-refractivity contribution in [2.45, 2.75) is 12.3 Å². The minimum Gasteiger partial charge on any atom is -0.383 e. The first-order valence-corrected chi connectivity index (χ1v) is 8.38. The Labute approximate surface area is 135 Å². The summed E-state index contributed by atoms with van der Waals surface area (Å²) in [7, 11) is 0. The molecule has 2 aromatic rings. The lowest BCUT2D eigenvalue weighted by atomic mass is 9.99. The molecule has 1 saturated heterocycles. The second-order valence-corrected chi connectivity index (χ2v) is 6.46. The number of likely N-dealkylation sites (tertiary alicyclic amines) is 1. The molecule has 3 heteroatoms. The van der Waals surface area contributed by atoms with Crippen molar-refractivity contribution in [3.8, 4) is 0 Å². The third-order valence-electron chi connectivity index (χ3n) is 4.16. The largest absolute Gasteiger partial charge is 0.383 e. The highest BCUT2D eigenvalue weighted by atomic mass is 79.9. The second kappa shape index (κ2) is 7.10. The van der Waals surface area contributed by atoms with Gasteiger partial charge in [0, 0.05) is 29.8 Å². The van der Waals surface area contributed by atoms with Crippen LogP contribution in [0, 0.1) is 0 Å². The van der Waals surface area contributed by atoms with Gasteiger partial charge in [-0.2, -0.15) is 0 Å². The molecule has 1 N–H and O–H groups in total. The van der Waals surface area contributed by atoms with Crippen molar-refractivity contribution in [1.82, 2.24) is 4.90 Å². The van der Waals surface area contributed by atoms with Crippen molar-refractivity contribution in [2.75, 3.05) is 31.5 Å². The van der Waals surface area contributed by atoms with E-state index in [1.165, 1.54) is 30.8 Å². The predicted molar refractivity (Wildman–Crippen MR) is 92.9 cm³/mol. The van der Waals surface area contributed by atoms with Crippen LogP contribution in [-0.2, 0) is 0 Å². The Kier molecular flexibility index (Phi) is 4.94. The molecule has 21 heavy (non-hydrogen) atoms. The Morgan fingerprint density at radius 2 is 1.81 bits per heavy atom. The Morgan fingerprint density at radius 1 is 1.05 bits per heavy atom. The molecular weight excluding hydrogens is 324 g/mol. The van der Waals surface area contributed by atoms with E-state index in [0.29, 0.717) is 5.92 Å². The lowest BCUT2D eigenvalue weighted by Gasteiger charge is -2.17. The summed E-state index contributed by atoms with van der Waals surface area (Å²) in [5, 5.41) is 3.51. The predicted octanol–water partition coefficient (Wildman–Crippen LogP) is 4.35. The fraction of sp³-hybridized carbons (Fsp3) is 0.333. The fourth-order valence-electron chi connectivity index (χ4n) is 2.99. The number of hydrogen-bond donors (Lipinski definition) is 1. The lowest BCUT2D eigenvalue weighted by Crippen LogP contribution is -2.26. The van der Waals surface area contributed by atoms with Gasteiger partial charge in [-0.25, -0.2) is 0 Å². The molecule has 0 aliphatic carbocycles. The average Bonchev–Trinajstić information content (AvgIpc) is 2.99. The molecule has 1 aliphatic rings. The zero-order chi connectivity index (χ0) is 14.5. The number of halogens is 1. The van der Waals surface area contributed by atoms with Crippen LogP contribution < -0.4 is 5.32 Å². The quantitative estimate of drug-likeness (QED) is 0.867. The van der Waals surface area contributed by atoms with Gasteiger partial charge in [0.05, 0.1) is 0 Å². The van der Waals surface area contributed by atoms with Crippen LogP contribution in [0.15, 0.2) is 59.1 Å². The van der Waals surface area contributed by atoms with Gasteiger partial charge >= 0.3 is 0 Å². The number of benzene rings is 2. The molecule has 0 spiro atoms. The normalized spacial score (nSPS) is 18.8. The summed E-state index contributed by atoms with van der Waals surface area (Å²) < 4.78 is 1.13. The van der Waals surface area contributed by atoms with Crippen LogP contribution in [0.1, 0.15) is 17.9 Å². The highest BCUT2D eigenvalue weighted by Crippen LogP contribution is 2.26. The second-order valence-electron chi connectivity index (χ2n) is 5.60. The number of nitrogens with one attached hydrogen (secondary N) is 1. The molecule has 0 bridgehead atoms. The number of nitrogens with zero attached hydrogens (tertiary/aromatic N) is 1. The standard InChI is InChI=1S/C18H21BrN2/c19-17-8-4-5-9-18(17)20-11-13-21-12-10-16(14-21)15-6-2-1-3-7-15/h1-9,16,20H,10-14H2. The molecule has 110 valence electrons. The molecule has 1 unspecified atom stereocenters. The first-order valence-electron chi connectivity index (χ1n) is 7.58. The van der Waals surface area contributed by atoms with Crippen LogP contribution in [-0.4, -0.2) is 31.1 Å². The number of rotatable bonds is 5. The van der Waals surface area contributed by atoms with Gasteiger partial charge in [-0.05, 0) is 52.5 Å². The lowest BCUT2D eigenvalue weighted by molar-refractivity contribution is 0.348. The van der Waals surface area contributed by atoms with E-state index in [2.05, 4.69) is 74.7 Å². The Hall–Kier alpha value is -1.32. The minimum absolute atomic E-state index is 0.703. The average molecular weight is 345 g/mol. The van der Waals surface area contributed by atoms with Gasteiger partial charge in [0.25, 0.3) is 0 Å². The summed E-state index contributed by atoms with van der Waals surface area (Å²) >= 11 is 3.57. The smallest absolute Gasteiger partial charge is 0.0485 e. The molecule has 0 saturated carbocycles. The molecule has 0 aromatic heterocycles. The third kappa shape index (κ3) is 3.86. The van der Waals surface area contributed by atoms with Gasteiger partial charge in [0.2, 0.25) is 0 Å². The van der Waals surface area contributed by atoms with Crippen molar-refractivity contribution in [3.63, 3.8) is 0 Å². The van der Waals surface area contributed by atoms with E-state index < -0.39 is 0 Å². The van der Waals surface area contributed by atoms with Crippen LogP contribution in [0.3, 0.4) is 0 Å². The van der Waals surface area contributed by atoms with Crippen LogP contribution in [0.4, 0.5) is 5.69 Å². The van der Waals surface area contributed by atoms with Gasteiger partial charge in [0.15, 0.2) is 0 Å². The summed E-state index contributed by atoms with van der Waals surface area (Å²) in [6, 6.07) is 19.2. The molecule has 1 fully saturated rings. The molecule has 0 radical (unpaired) electrons. The highest BCUT2D eigenvalue weighted by Gasteiger charge is 2.22. The molecule has 3 rings (SSSR count). The summed E-state index contributed by atoms with van der Waals surface area (Å²) in [5.74, 6) is 0.703. The molecule has 1 aliphatic heterocycles. The molecule has 1 heterocycles. The summed E-state index contributed by atoms with van der Waals surface area (Å²) in [6.45, 7) is 4.48. The van der Waals surface area contributed by atoms with Crippen molar-refractivity contribution in [3.05, 3.63) is 64.6 Å². The van der Waals surface area contributed by atoms with Crippen molar-refractivity contribution in [2.24, 2.45) is 0 Å². The van der Waals surface area contributed by atoms with E-state index in [9.17, 15) is 0 Å². The number of para-hydroxylation sites is 1. The van der Waals surface area contributed by atoms with Gasteiger partial charge in [-0.1, -0.05) is 42.5 Å². The van der Waals surface area contributed by atoms with E-state index in [4.69, 9.17) is 0 Å². The van der Waals surface area contributed by atoms with E-state index in [0.717, 1.165) is 17.6 Å². The van der Waals surface area contributed by atoms with E-state index in [1.54, 1.807) is 0 Å². The topological polar surface area (TPSA) is 15.3 Å². The van der Waals surface area contributed by atoms with Gasteiger partial charge < -0.3 is 10.2 Å². The van der Waals surface area contributed by atoms with Crippen LogP contribution in [0.5, 0.6) is 0 Å². The van der Waals surface area contributed by atoms with Gasteiger partial charge in [-0.15, -0.1) is 0 Å². The molecule has 2 aromatic carbocycles. The molecule has 2 nitrogen and oxygen atoms in total. The minimum atomic E-state index is 0.703. The monoisotopic (exact) mass is 344 g/mol. The Balaban J connectivity index is 1.46. The number of hydrogen-bond acceptors (Lipinski definition) is 2. The van der Waals surface area contributed by atoms with Gasteiger partial charge in [-0.3, -0.25) is 0 Å². The van der Waals surface area contributed by atoms with E-state index in [1.807, 2.05) is 6.07 Å². The maximum atomic E-state index is 3.57. The molecule has 1 atom stereocenters. The van der Waals surface area contributed by atoms with Crippen molar-refractivity contribution >= 4 is 21.6 Å². The maximum absolute atomic E-state index is 3.57. The number of anilines is 1. The molecule has 0 amide bonds. The zero-order valence-electron chi connectivity index (χ0n) is 12.1. The summed E-state index contributed by atoms with van der Waals surface area (Å²) in [5.41, 5.74) is 2.66. The van der Waals surface area contributed by atoms with Crippen LogP contribution in [0.2, 0.25) is 0 Å². The zero-order valence-corrected chi connectivity index (χ0v) is 13.7. The Morgan fingerprint density at radius 3 is 2.62 bits per heavy atom. The van der Waals surface area contributed by atoms with Crippen molar-refractivity contribution < 1.29 is 0 Å². The van der Waals surface area contributed by atoms with Crippen molar-refractivity contribution in [1.29, 1.82) is 0 Å². The first-order chi connectivity index (χ1) is 10.3. The first kappa shape index (κ1) is 14.6.